The van der Waals surface area contributed by atoms with E-state index in [1.807, 2.05) is 13.1 Å². The highest BCUT2D eigenvalue weighted by Gasteiger charge is 1.96. The van der Waals surface area contributed by atoms with Crippen LogP contribution in [-0.2, 0) is 6.54 Å². The molecule has 0 saturated carbocycles. The fraction of sp³-hybridized carbons (Fsp3) is 0.556. The molecular weight excluding hydrogens is 210 g/mol. The third kappa shape index (κ3) is 4.75. The summed E-state index contributed by atoms with van der Waals surface area (Å²) in [5.74, 6) is 0.946. The van der Waals surface area contributed by atoms with Crippen molar-refractivity contribution >= 4 is 17.3 Å². The number of nitrogens with one attached hydrogen (secondary N) is 4. The molecule has 0 unspecified atom stereocenters. The van der Waals surface area contributed by atoms with Crippen LogP contribution in [0.15, 0.2) is 6.20 Å². The van der Waals surface area contributed by atoms with E-state index in [0.29, 0.717) is 5.11 Å². The number of imidazole rings is 1. The zero-order chi connectivity index (χ0) is 11.1. The number of aryl methyl sites for hydroxylation is 1. The highest BCUT2D eigenvalue weighted by atomic mass is 32.1. The van der Waals surface area contributed by atoms with Crippen LogP contribution in [0.25, 0.3) is 0 Å². The number of aromatic nitrogens is 2. The maximum Gasteiger partial charge on any atom is 0.166 e. The summed E-state index contributed by atoms with van der Waals surface area (Å²) in [6.45, 7) is 4.38. The Hall–Kier alpha value is -1.14. The Morgan fingerprint density at radius 1 is 1.53 bits per heavy atom. The highest BCUT2D eigenvalue weighted by molar-refractivity contribution is 7.80. The smallest absolute Gasteiger partial charge is 0.166 e. The summed E-state index contributed by atoms with van der Waals surface area (Å²) in [6.07, 6.45) is 1.91. The minimum atomic E-state index is 0.674. The van der Waals surface area contributed by atoms with E-state index in [0.717, 1.165) is 31.2 Å². The van der Waals surface area contributed by atoms with Crippen LogP contribution in [0.2, 0.25) is 0 Å². The van der Waals surface area contributed by atoms with Gasteiger partial charge >= 0.3 is 0 Å². The average Bonchev–Trinajstić information content (AvgIpc) is 2.63. The Labute approximate surface area is 95.1 Å². The summed E-state index contributed by atoms with van der Waals surface area (Å²) >= 11 is 4.93. The molecule has 6 heteroatoms. The molecule has 0 aliphatic carbocycles. The lowest BCUT2D eigenvalue weighted by atomic mass is 10.4. The molecule has 0 amide bonds. The van der Waals surface area contributed by atoms with Crippen LogP contribution in [-0.4, -0.2) is 35.2 Å². The van der Waals surface area contributed by atoms with Crippen molar-refractivity contribution in [3.05, 3.63) is 17.7 Å². The highest BCUT2D eigenvalue weighted by Crippen LogP contribution is 1.93. The van der Waals surface area contributed by atoms with Crippen molar-refractivity contribution in [1.82, 2.24) is 25.9 Å². The van der Waals surface area contributed by atoms with Gasteiger partial charge in [-0.2, -0.15) is 0 Å². The Morgan fingerprint density at radius 2 is 2.33 bits per heavy atom. The minimum Gasteiger partial charge on any atom is -0.366 e. The van der Waals surface area contributed by atoms with Crippen molar-refractivity contribution < 1.29 is 0 Å². The standard InChI is InChI=1S/C9H17N5S/c1-7-13-6-8(14-7)5-11-3-4-12-9(15)10-2/h6,11H,3-5H2,1-2H3,(H,13,14)(H2,10,12,15). The van der Waals surface area contributed by atoms with Gasteiger partial charge in [-0.3, -0.25) is 0 Å². The van der Waals surface area contributed by atoms with E-state index < -0.39 is 0 Å². The van der Waals surface area contributed by atoms with Crippen LogP contribution in [0.3, 0.4) is 0 Å². The topological polar surface area (TPSA) is 64.8 Å². The number of aromatic amines is 1. The van der Waals surface area contributed by atoms with Crippen LogP contribution in [0.5, 0.6) is 0 Å². The van der Waals surface area contributed by atoms with Crippen molar-refractivity contribution in [2.45, 2.75) is 13.5 Å². The van der Waals surface area contributed by atoms with Crippen molar-refractivity contribution in [3.8, 4) is 0 Å². The molecule has 0 aliphatic heterocycles. The summed E-state index contributed by atoms with van der Waals surface area (Å²) in [7, 11) is 1.80. The molecule has 1 heterocycles. The molecule has 1 aromatic rings. The minimum absolute atomic E-state index is 0.674. The van der Waals surface area contributed by atoms with Crippen molar-refractivity contribution in [1.29, 1.82) is 0 Å². The quantitative estimate of drug-likeness (QED) is 0.418. The molecule has 0 bridgehead atoms. The Balaban J connectivity index is 2.05. The van der Waals surface area contributed by atoms with Gasteiger partial charge in [0.1, 0.15) is 5.82 Å². The van der Waals surface area contributed by atoms with Crippen LogP contribution in [0, 0.1) is 6.92 Å². The van der Waals surface area contributed by atoms with E-state index in [1.54, 1.807) is 7.05 Å². The first-order chi connectivity index (χ1) is 7.22. The lowest BCUT2D eigenvalue weighted by Crippen LogP contribution is -2.37. The zero-order valence-electron chi connectivity index (χ0n) is 9.05. The summed E-state index contributed by atoms with van der Waals surface area (Å²) in [5, 5.41) is 9.84. The average molecular weight is 227 g/mol. The van der Waals surface area contributed by atoms with Crippen LogP contribution in [0.4, 0.5) is 0 Å². The molecule has 0 radical (unpaired) electrons. The molecule has 0 aliphatic rings. The summed E-state index contributed by atoms with van der Waals surface area (Å²) in [5.41, 5.74) is 1.03. The molecule has 1 aromatic heterocycles. The maximum absolute atomic E-state index is 4.93. The molecular formula is C9H17N5S. The second kappa shape index (κ2) is 6.36. The number of H-pyrrole nitrogens is 1. The molecule has 15 heavy (non-hydrogen) atoms. The van der Waals surface area contributed by atoms with E-state index in [-0.39, 0.29) is 0 Å². The molecule has 0 aromatic carbocycles. The first-order valence-electron chi connectivity index (χ1n) is 4.89. The maximum atomic E-state index is 4.93. The van der Waals surface area contributed by atoms with E-state index >= 15 is 0 Å². The van der Waals surface area contributed by atoms with Gasteiger partial charge in [0.15, 0.2) is 5.11 Å². The molecule has 0 fully saturated rings. The van der Waals surface area contributed by atoms with E-state index in [2.05, 4.69) is 25.9 Å². The number of hydrogen-bond acceptors (Lipinski definition) is 3. The molecule has 1 rings (SSSR count). The van der Waals surface area contributed by atoms with Crippen LogP contribution in [0.1, 0.15) is 11.5 Å². The van der Waals surface area contributed by atoms with Gasteiger partial charge in [0.25, 0.3) is 0 Å². The molecule has 0 saturated heterocycles. The number of thiocarbonyl (C=S) groups is 1. The van der Waals surface area contributed by atoms with Crippen molar-refractivity contribution in [3.63, 3.8) is 0 Å². The molecule has 5 nitrogen and oxygen atoms in total. The van der Waals surface area contributed by atoms with Gasteiger partial charge in [-0.05, 0) is 19.1 Å². The Morgan fingerprint density at radius 3 is 2.93 bits per heavy atom. The van der Waals surface area contributed by atoms with Gasteiger partial charge in [-0.1, -0.05) is 0 Å². The number of hydrogen-bond donors (Lipinski definition) is 4. The monoisotopic (exact) mass is 227 g/mol. The third-order valence-corrected chi connectivity index (χ3v) is 2.23. The predicted octanol–water partition coefficient (Wildman–Crippen LogP) is -0.0984. The van der Waals surface area contributed by atoms with E-state index in [1.165, 1.54) is 0 Å². The number of rotatable bonds is 5. The van der Waals surface area contributed by atoms with Gasteiger partial charge in [-0.15, -0.1) is 0 Å². The second-order valence-electron chi connectivity index (χ2n) is 3.16. The van der Waals surface area contributed by atoms with Gasteiger partial charge in [-0.25, -0.2) is 4.98 Å². The lowest BCUT2D eigenvalue weighted by Gasteiger charge is -2.06. The number of nitrogens with zero attached hydrogens (tertiary/aromatic N) is 1. The summed E-state index contributed by atoms with van der Waals surface area (Å²) < 4.78 is 0. The molecule has 0 atom stereocenters. The second-order valence-corrected chi connectivity index (χ2v) is 3.57. The van der Waals surface area contributed by atoms with Crippen molar-refractivity contribution in [2.24, 2.45) is 0 Å². The predicted molar refractivity (Wildman–Crippen MR) is 64.7 cm³/mol. The largest absolute Gasteiger partial charge is 0.366 e. The first-order valence-corrected chi connectivity index (χ1v) is 5.30. The first kappa shape index (κ1) is 11.9. The molecule has 4 N–H and O–H groups in total. The van der Waals surface area contributed by atoms with Gasteiger partial charge < -0.3 is 20.9 Å². The summed E-state index contributed by atoms with van der Waals surface area (Å²) in [4.78, 5) is 7.32. The SMILES string of the molecule is CNC(=S)NCCNCc1c[nH]c(C)n1. The van der Waals surface area contributed by atoms with Crippen LogP contribution < -0.4 is 16.0 Å². The lowest BCUT2D eigenvalue weighted by molar-refractivity contribution is 0.661. The normalized spacial score (nSPS) is 10.0. The van der Waals surface area contributed by atoms with Crippen molar-refractivity contribution in [2.75, 3.05) is 20.1 Å². The molecule has 84 valence electrons. The third-order valence-electron chi connectivity index (χ3n) is 1.88. The van der Waals surface area contributed by atoms with E-state index in [4.69, 9.17) is 12.2 Å². The Bertz CT molecular complexity index is 309. The molecule has 0 spiro atoms. The van der Waals surface area contributed by atoms with E-state index in [9.17, 15) is 0 Å². The zero-order valence-corrected chi connectivity index (χ0v) is 9.87. The van der Waals surface area contributed by atoms with Gasteiger partial charge in [0.05, 0.1) is 5.69 Å². The fourth-order valence-corrected chi connectivity index (χ4v) is 1.23. The van der Waals surface area contributed by atoms with Gasteiger partial charge in [0.2, 0.25) is 0 Å². The fourth-order valence-electron chi connectivity index (χ4n) is 1.13. The van der Waals surface area contributed by atoms with Crippen LogP contribution >= 0.6 is 12.2 Å². The summed E-state index contributed by atoms with van der Waals surface area (Å²) in [6, 6.07) is 0. The van der Waals surface area contributed by atoms with Gasteiger partial charge in [0, 0.05) is 32.9 Å². The Kier molecular flexibility index (Phi) is 5.06.